The number of aromatic hydroxyl groups is 1. The maximum atomic E-state index is 10.9. The van der Waals surface area contributed by atoms with Crippen molar-refractivity contribution in [1.82, 2.24) is 10.4 Å². The lowest BCUT2D eigenvalue weighted by atomic mass is 10.3. The van der Waals surface area contributed by atoms with E-state index in [1.165, 1.54) is 24.3 Å². The SMILES string of the molecule is NC1([N+](=O)[O-])C=C([N+](=O)[O-])NC(=O)N1O.O=[N+]([O-])c1ccccc1O. The summed E-state index contributed by atoms with van der Waals surface area (Å²) in [6.45, 7) is 0. The lowest BCUT2D eigenvalue weighted by Gasteiger charge is -2.26. The van der Waals surface area contributed by atoms with Crippen LogP contribution in [0.3, 0.4) is 0 Å². The zero-order valence-electron chi connectivity index (χ0n) is 12.0. The lowest BCUT2D eigenvalue weighted by Crippen LogP contribution is -2.66. The van der Waals surface area contributed by atoms with E-state index in [0.717, 1.165) is 0 Å². The number of para-hydroxylation sites is 2. The highest BCUT2D eigenvalue weighted by Crippen LogP contribution is 2.23. The molecular weight excluding hydrogens is 348 g/mol. The number of rotatable bonds is 3. The van der Waals surface area contributed by atoms with E-state index in [0.29, 0.717) is 6.08 Å². The summed E-state index contributed by atoms with van der Waals surface area (Å²) in [6.07, 6.45) is 0.314. The highest BCUT2D eigenvalue weighted by Gasteiger charge is 2.53. The number of carbonyl (C=O) groups excluding carboxylic acids is 1. The van der Waals surface area contributed by atoms with Crippen molar-refractivity contribution in [3.63, 3.8) is 0 Å². The van der Waals surface area contributed by atoms with Crippen molar-refractivity contribution in [3.05, 3.63) is 66.5 Å². The molecule has 134 valence electrons. The molecule has 15 heteroatoms. The van der Waals surface area contributed by atoms with Crippen LogP contribution in [0.2, 0.25) is 0 Å². The zero-order valence-corrected chi connectivity index (χ0v) is 12.0. The van der Waals surface area contributed by atoms with E-state index in [1.54, 1.807) is 5.32 Å². The first-order valence-corrected chi connectivity index (χ1v) is 6.03. The van der Waals surface area contributed by atoms with Crippen molar-refractivity contribution in [2.45, 2.75) is 5.79 Å². The minimum absolute atomic E-state index is 0.262. The Balaban J connectivity index is 0.000000271. The molecule has 0 aliphatic carbocycles. The summed E-state index contributed by atoms with van der Waals surface area (Å²) in [6, 6.07) is 4.09. The Labute approximate surface area is 137 Å². The molecule has 1 heterocycles. The van der Waals surface area contributed by atoms with Crippen LogP contribution in [0.15, 0.2) is 36.2 Å². The van der Waals surface area contributed by atoms with Crippen LogP contribution in [0.4, 0.5) is 10.5 Å². The van der Waals surface area contributed by atoms with Crippen LogP contribution in [0.25, 0.3) is 0 Å². The molecule has 2 rings (SSSR count). The van der Waals surface area contributed by atoms with Crippen LogP contribution < -0.4 is 11.1 Å². The topological polar surface area (TPSA) is 228 Å². The van der Waals surface area contributed by atoms with Crippen LogP contribution >= 0.6 is 0 Å². The number of phenolic OH excluding ortho intramolecular Hbond substituents is 1. The summed E-state index contributed by atoms with van der Waals surface area (Å²) in [4.78, 5) is 38.7. The number of hydroxylamine groups is 2. The molecule has 0 spiro atoms. The third-order valence-corrected chi connectivity index (χ3v) is 2.68. The lowest BCUT2D eigenvalue weighted by molar-refractivity contribution is -0.602. The largest absolute Gasteiger partial charge is 0.502 e. The van der Waals surface area contributed by atoms with Gasteiger partial charge < -0.3 is 15.2 Å². The molecule has 0 bridgehead atoms. The smallest absolute Gasteiger partial charge is 0.440 e. The second-order valence-electron chi connectivity index (χ2n) is 4.31. The zero-order chi connectivity index (χ0) is 19.4. The predicted molar refractivity (Wildman–Crippen MR) is 75.9 cm³/mol. The second kappa shape index (κ2) is 7.15. The summed E-state index contributed by atoms with van der Waals surface area (Å²) in [7, 11) is 0. The minimum Gasteiger partial charge on any atom is -0.502 e. The molecule has 0 saturated carbocycles. The van der Waals surface area contributed by atoms with Gasteiger partial charge in [-0.15, -0.1) is 0 Å². The fraction of sp³-hybridized carbons (Fsp3) is 0.100. The monoisotopic (exact) mass is 358 g/mol. The molecule has 1 aliphatic heterocycles. The van der Waals surface area contributed by atoms with Crippen LogP contribution in [0, 0.1) is 30.3 Å². The number of nitrogens with two attached hydrogens (primary N) is 1. The van der Waals surface area contributed by atoms with E-state index in [9.17, 15) is 35.1 Å². The van der Waals surface area contributed by atoms with Gasteiger partial charge in [0.05, 0.1) is 9.85 Å². The summed E-state index contributed by atoms with van der Waals surface area (Å²) in [5.74, 6) is -4.11. The number of phenols is 1. The molecule has 0 fully saturated rings. The average molecular weight is 358 g/mol. The number of hydrogen-bond acceptors (Lipinski definition) is 10. The summed E-state index contributed by atoms with van der Waals surface area (Å²) in [5.41, 5.74) is 4.74. The van der Waals surface area contributed by atoms with Crippen molar-refractivity contribution in [1.29, 1.82) is 0 Å². The Morgan fingerprint density at radius 1 is 1.12 bits per heavy atom. The van der Waals surface area contributed by atoms with Gasteiger partial charge >= 0.3 is 23.3 Å². The maximum absolute atomic E-state index is 10.9. The van der Waals surface area contributed by atoms with Crippen molar-refractivity contribution < 1.29 is 29.9 Å². The van der Waals surface area contributed by atoms with Crippen molar-refractivity contribution in [2.75, 3.05) is 0 Å². The number of carbonyl (C=O) groups is 1. The molecule has 5 N–H and O–H groups in total. The number of benzene rings is 1. The molecule has 1 unspecified atom stereocenters. The number of nitro groups is 3. The van der Waals surface area contributed by atoms with Gasteiger partial charge in [0.25, 0.3) is 0 Å². The Hall–Kier alpha value is -3.85. The van der Waals surface area contributed by atoms with Gasteiger partial charge in [0.2, 0.25) is 0 Å². The summed E-state index contributed by atoms with van der Waals surface area (Å²) in [5, 5.41) is 49.7. The van der Waals surface area contributed by atoms with Crippen molar-refractivity contribution in [2.24, 2.45) is 5.73 Å². The normalized spacial score (nSPS) is 19.0. The first-order chi connectivity index (χ1) is 11.5. The van der Waals surface area contributed by atoms with E-state index in [2.05, 4.69) is 0 Å². The molecule has 1 aliphatic rings. The molecule has 1 atom stereocenters. The van der Waals surface area contributed by atoms with Gasteiger partial charge in [-0.25, -0.2) is 10.5 Å². The second-order valence-corrected chi connectivity index (χ2v) is 4.31. The fourth-order valence-corrected chi connectivity index (χ4v) is 1.47. The standard InChI is InChI=1S/C6H5NO3.C4H5N5O6/c8-6-4-2-1-3-5(6)7(9)10;5-4(9(14)15)1-2(8(12)13)6-3(10)7(4)11/h1-4,8H;1,11H,5H2,(H,6,10). The number of hydrogen-bond donors (Lipinski definition) is 4. The number of amides is 2. The highest BCUT2D eigenvalue weighted by atomic mass is 16.7. The quantitative estimate of drug-likeness (QED) is 0.238. The van der Waals surface area contributed by atoms with E-state index < -0.39 is 37.5 Å². The van der Waals surface area contributed by atoms with Crippen molar-refractivity contribution in [3.8, 4) is 5.75 Å². The van der Waals surface area contributed by atoms with Gasteiger partial charge in [-0.3, -0.25) is 25.4 Å². The predicted octanol–water partition coefficient (Wildman–Crippen LogP) is -0.291. The van der Waals surface area contributed by atoms with Gasteiger partial charge in [-0.05, 0) is 11.0 Å². The maximum Gasteiger partial charge on any atom is 0.440 e. The van der Waals surface area contributed by atoms with Crippen LogP contribution in [-0.4, -0.2) is 42.0 Å². The molecule has 0 aromatic heterocycles. The van der Waals surface area contributed by atoms with E-state index in [1.807, 2.05) is 0 Å². The Morgan fingerprint density at radius 2 is 1.68 bits per heavy atom. The van der Waals surface area contributed by atoms with E-state index in [-0.39, 0.29) is 11.4 Å². The highest BCUT2D eigenvalue weighted by molar-refractivity contribution is 5.76. The Bertz CT molecular complexity index is 765. The first kappa shape index (κ1) is 19.2. The van der Waals surface area contributed by atoms with Gasteiger partial charge in [-0.1, -0.05) is 17.2 Å². The van der Waals surface area contributed by atoms with Gasteiger partial charge in [-0.2, -0.15) is 5.32 Å². The third-order valence-electron chi connectivity index (χ3n) is 2.68. The number of nitro benzene ring substituents is 1. The number of urea groups is 1. The van der Waals surface area contributed by atoms with Crippen LogP contribution in [0.1, 0.15) is 0 Å². The molecule has 0 saturated heterocycles. The molecular formula is C10H10N6O9. The molecule has 15 nitrogen and oxygen atoms in total. The molecule has 1 aromatic carbocycles. The first-order valence-electron chi connectivity index (χ1n) is 6.03. The van der Waals surface area contributed by atoms with Gasteiger partial charge in [0.15, 0.2) is 5.75 Å². The Morgan fingerprint density at radius 3 is 2.08 bits per heavy atom. The summed E-state index contributed by atoms with van der Waals surface area (Å²) < 4.78 is 0. The van der Waals surface area contributed by atoms with Crippen LogP contribution in [-0.2, 0) is 0 Å². The fourth-order valence-electron chi connectivity index (χ4n) is 1.47. The minimum atomic E-state index is -2.84. The van der Waals surface area contributed by atoms with E-state index >= 15 is 0 Å². The molecule has 2 amide bonds. The van der Waals surface area contributed by atoms with Gasteiger partial charge in [0.1, 0.15) is 6.08 Å². The molecule has 25 heavy (non-hydrogen) atoms. The van der Waals surface area contributed by atoms with E-state index in [4.69, 9.17) is 16.0 Å². The molecule has 0 radical (unpaired) electrons. The number of nitrogens with one attached hydrogen (secondary N) is 1. The average Bonchev–Trinajstić information content (AvgIpc) is 2.52. The van der Waals surface area contributed by atoms with Crippen LogP contribution in [0.5, 0.6) is 5.75 Å². The van der Waals surface area contributed by atoms with Gasteiger partial charge in [0, 0.05) is 6.07 Å². The molecule has 1 aromatic rings. The number of nitrogens with zero attached hydrogens (tertiary/aromatic N) is 4. The van der Waals surface area contributed by atoms with Crippen molar-refractivity contribution >= 4 is 11.7 Å². The Kier molecular flexibility index (Phi) is 5.49. The summed E-state index contributed by atoms with van der Waals surface area (Å²) >= 11 is 0. The third kappa shape index (κ3) is 4.12.